The average molecular weight is 307 g/mol. The molecular formula is C14H15ClN4O2. The van der Waals surface area contributed by atoms with Gasteiger partial charge in [-0.25, -0.2) is 4.98 Å². The van der Waals surface area contributed by atoms with Gasteiger partial charge in [0, 0.05) is 35.4 Å². The lowest BCUT2D eigenvalue weighted by Gasteiger charge is -2.04. The Morgan fingerprint density at radius 2 is 2.29 bits per heavy atom. The van der Waals surface area contributed by atoms with Gasteiger partial charge < -0.3 is 9.88 Å². The molecule has 110 valence electrons. The molecule has 1 aliphatic carbocycles. The summed E-state index contributed by atoms with van der Waals surface area (Å²) in [7, 11) is 0. The predicted molar refractivity (Wildman–Crippen MR) is 79.3 cm³/mol. The maximum atomic E-state index is 11.1. The minimum absolute atomic E-state index is 0.0360. The molecule has 6 nitrogen and oxygen atoms in total. The first kappa shape index (κ1) is 14.0. The van der Waals surface area contributed by atoms with Crippen LogP contribution in [0.3, 0.4) is 0 Å². The van der Waals surface area contributed by atoms with Gasteiger partial charge in [-0.05, 0) is 25.0 Å². The van der Waals surface area contributed by atoms with E-state index in [2.05, 4.69) is 10.3 Å². The standard InChI is InChI=1S/C14H15ClN4O2/c15-11-2-1-10(14(5-11)19(20)21)7-18-8-13(17-9-18)6-16-12-3-4-12/h1-2,5,8-9,12,16H,3-4,6-7H2. The van der Waals surface area contributed by atoms with Crippen molar-refractivity contribution in [3.05, 3.63) is 57.1 Å². The molecule has 0 radical (unpaired) electrons. The zero-order valence-electron chi connectivity index (χ0n) is 11.3. The first-order chi connectivity index (χ1) is 10.1. The quantitative estimate of drug-likeness (QED) is 0.658. The molecular weight excluding hydrogens is 292 g/mol. The van der Waals surface area contributed by atoms with Crippen molar-refractivity contribution in [2.45, 2.75) is 32.0 Å². The van der Waals surface area contributed by atoms with E-state index in [-0.39, 0.29) is 5.69 Å². The Kier molecular flexibility index (Phi) is 3.90. The Labute approximate surface area is 126 Å². The molecule has 0 spiro atoms. The Morgan fingerprint density at radius 1 is 1.48 bits per heavy atom. The van der Waals surface area contributed by atoms with Gasteiger partial charge in [-0.15, -0.1) is 0 Å². The van der Waals surface area contributed by atoms with E-state index >= 15 is 0 Å². The Morgan fingerprint density at radius 3 is 3.00 bits per heavy atom. The number of rotatable bonds is 6. The third-order valence-electron chi connectivity index (χ3n) is 3.43. The van der Waals surface area contributed by atoms with Crippen LogP contribution in [0.15, 0.2) is 30.7 Å². The van der Waals surface area contributed by atoms with E-state index in [0.29, 0.717) is 23.2 Å². The molecule has 1 saturated carbocycles. The van der Waals surface area contributed by atoms with Crippen LogP contribution in [0.25, 0.3) is 0 Å². The number of nitro groups is 1. The monoisotopic (exact) mass is 306 g/mol. The smallest absolute Gasteiger partial charge is 0.275 e. The number of benzene rings is 1. The summed E-state index contributed by atoms with van der Waals surface area (Å²) in [5.74, 6) is 0. The van der Waals surface area contributed by atoms with Gasteiger partial charge in [0.05, 0.1) is 23.5 Å². The van der Waals surface area contributed by atoms with Crippen molar-refractivity contribution in [3.63, 3.8) is 0 Å². The second-order valence-corrected chi connectivity index (χ2v) is 5.66. The van der Waals surface area contributed by atoms with Crippen LogP contribution < -0.4 is 5.32 Å². The molecule has 1 aromatic heterocycles. The minimum atomic E-state index is -0.409. The molecule has 21 heavy (non-hydrogen) atoms. The van der Waals surface area contributed by atoms with Crippen LogP contribution in [0.1, 0.15) is 24.1 Å². The summed E-state index contributed by atoms with van der Waals surface area (Å²) in [4.78, 5) is 15.0. The molecule has 0 bridgehead atoms. The van der Waals surface area contributed by atoms with Gasteiger partial charge in [0.2, 0.25) is 0 Å². The fraction of sp³-hybridized carbons (Fsp3) is 0.357. The van der Waals surface area contributed by atoms with E-state index in [4.69, 9.17) is 11.6 Å². The molecule has 0 saturated heterocycles. The van der Waals surface area contributed by atoms with Crippen molar-refractivity contribution in [2.24, 2.45) is 0 Å². The SMILES string of the molecule is O=[N+]([O-])c1cc(Cl)ccc1Cn1cnc(CNC2CC2)c1. The van der Waals surface area contributed by atoms with E-state index in [1.54, 1.807) is 18.5 Å². The van der Waals surface area contributed by atoms with Gasteiger partial charge >= 0.3 is 0 Å². The Bertz CT molecular complexity index is 667. The lowest BCUT2D eigenvalue weighted by atomic mass is 10.2. The summed E-state index contributed by atoms with van der Waals surface area (Å²) in [6, 6.07) is 5.36. The molecule has 2 aromatic rings. The van der Waals surface area contributed by atoms with Crippen molar-refractivity contribution >= 4 is 17.3 Å². The van der Waals surface area contributed by atoms with Crippen molar-refractivity contribution in [1.82, 2.24) is 14.9 Å². The van der Waals surface area contributed by atoms with Crippen LogP contribution in [0.5, 0.6) is 0 Å². The molecule has 1 aromatic carbocycles. The number of hydrogen-bond donors (Lipinski definition) is 1. The number of aromatic nitrogens is 2. The highest BCUT2D eigenvalue weighted by Gasteiger charge is 2.20. The average Bonchev–Trinajstić information content (AvgIpc) is 3.18. The van der Waals surface area contributed by atoms with Gasteiger partial charge in [-0.2, -0.15) is 0 Å². The third-order valence-corrected chi connectivity index (χ3v) is 3.67. The maximum Gasteiger partial charge on any atom is 0.275 e. The topological polar surface area (TPSA) is 73.0 Å². The van der Waals surface area contributed by atoms with Crippen LogP contribution in [0.4, 0.5) is 5.69 Å². The summed E-state index contributed by atoms with van der Waals surface area (Å²) in [5, 5.41) is 14.8. The van der Waals surface area contributed by atoms with Gasteiger partial charge in [-0.3, -0.25) is 10.1 Å². The highest BCUT2D eigenvalue weighted by Crippen LogP contribution is 2.24. The highest BCUT2D eigenvalue weighted by molar-refractivity contribution is 6.30. The van der Waals surface area contributed by atoms with Crippen LogP contribution in [0, 0.1) is 10.1 Å². The van der Waals surface area contributed by atoms with Crippen molar-refractivity contribution in [3.8, 4) is 0 Å². The van der Waals surface area contributed by atoms with E-state index in [1.165, 1.54) is 18.9 Å². The summed E-state index contributed by atoms with van der Waals surface area (Å²) < 4.78 is 1.85. The predicted octanol–water partition coefficient (Wildman–Crippen LogP) is 2.75. The molecule has 7 heteroatoms. The van der Waals surface area contributed by atoms with Crippen molar-refractivity contribution < 1.29 is 4.92 Å². The number of nitro benzene ring substituents is 1. The number of imidazole rings is 1. The molecule has 1 heterocycles. The van der Waals surface area contributed by atoms with Crippen LogP contribution in [-0.2, 0) is 13.1 Å². The van der Waals surface area contributed by atoms with E-state index in [1.807, 2.05) is 10.8 Å². The van der Waals surface area contributed by atoms with Gasteiger partial charge in [0.1, 0.15) is 0 Å². The summed E-state index contributed by atoms with van der Waals surface area (Å²) in [6.45, 7) is 1.14. The molecule has 1 fully saturated rings. The van der Waals surface area contributed by atoms with E-state index in [0.717, 1.165) is 12.2 Å². The number of nitrogens with one attached hydrogen (secondary N) is 1. The zero-order chi connectivity index (χ0) is 14.8. The van der Waals surface area contributed by atoms with Gasteiger partial charge in [0.15, 0.2) is 0 Å². The van der Waals surface area contributed by atoms with Gasteiger partial charge in [-0.1, -0.05) is 11.6 Å². The largest absolute Gasteiger partial charge is 0.332 e. The lowest BCUT2D eigenvalue weighted by molar-refractivity contribution is -0.385. The first-order valence-electron chi connectivity index (χ1n) is 6.78. The Balaban J connectivity index is 1.72. The summed E-state index contributed by atoms with van der Waals surface area (Å²) >= 11 is 5.81. The lowest BCUT2D eigenvalue weighted by Crippen LogP contribution is -2.15. The molecule has 0 aliphatic heterocycles. The molecule has 0 amide bonds. The van der Waals surface area contributed by atoms with E-state index in [9.17, 15) is 10.1 Å². The molecule has 1 aliphatic rings. The second kappa shape index (κ2) is 5.83. The van der Waals surface area contributed by atoms with Crippen LogP contribution >= 0.6 is 11.6 Å². The fourth-order valence-electron chi connectivity index (χ4n) is 2.16. The third kappa shape index (κ3) is 3.59. The first-order valence-corrected chi connectivity index (χ1v) is 7.16. The fourth-order valence-corrected chi connectivity index (χ4v) is 2.32. The normalized spacial score (nSPS) is 14.3. The number of halogens is 1. The van der Waals surface area contributed by atoms with Crippen LogP contribution in [-0.4, -0.2) is 20.5 Å². The minimum Gasteiger partial charge on any atom is -0.332 e. The maximum absolute atomic E-state index is 11.1. The van der Waals surface area contributed by atoms with Crippen molar-refractivity contribution in [2.75, 3.05) is 0 Å². The Hall–Kier alpha value is -1.92. The molecule has 0 unspecified atom stereocenters. The summed E-state index contributed by atoms with van der Waals surface area (Å²) in [6.07, 6.45) is 6.07. The second-order valence-electron chi connectivity index (χ2n) is 5.22. The molecule has 0 atom stereocenters. The highest BCUT2D eigenvalue weighted by atomic mass is 35.5. The molecule has 3 rings (SSSR count). The van der Waals surface area contributed by atoms with Crippen LogP contribution in [0.2, 0.25) is 5.02 Å². The van der Waals surface area contributed by atoms with Gasteiger partial charge in [0.25, 0.3) is 5.69 Å². The molecule has 1 N–H and O–H groups in total. The zero-order valence-corrected chi connectivity index (χ0v) is 12.1. The van der Waals surface area contributed by atoms with Crippen molar-refractivity contribution in [1.29, 1.82) is 0 Å². The number of nitrogens with zero attached hydrogens (tertiary/aromatic N) is 3. The van der Waals surface area contributed by atoms with E-state index < -0.39 is 4.92 Å². The number of hydrogen-bond acceptors (Lipinski definition) is 4. The summed E-state index contributed by atoms with van der Waals surface area (Å²) in [5.41, 5.74) is 1.59.